The molecule has 0 saturated carbocycles. The molecule has 0 aliphatic carbocycles. The predicted molar refractivity (Wildman–Crippen MR) is 83.5 cm³/mol. The number of carbonyl (C=O) groups is 1. The second kappa shape index (κ2) is 6.04. The molecule has 3 aromatic rings. The summed E-state index contributed by atoms with van der Waals surface area (Å²) < 4.78 is 40.0. The molecular weight excluding hydrogens is 335 g/mol. The standard InChI is InChI=1S/C17H12F3N3O2/c1-10-14(16(24)25)15(11-5-7-21-8-6-11)22-23(10)13-4-2-3-12(9-13)17(18,19)20/h2-9H,1H3,(H,24,25). The Morgan fingerprint density at radius 2 is 1.84 bits per heavy atom. The average molecular weight is 347 g/mol. The lowest BCUT2D eigenvalue weighted by Crippen LogP contribution is -2.07. The largest absolute Gasteiger partial charge is 0.478 e. The van der Waals surface area contributed by atoms with E-state index in [1.54, 1.807) is 12.1 Å². The van der Waals surface area contributed by atoms with Crippen molar-refractivity contribution in [2.45, 2.75) is 13.1 Å². The van der Waals surface area contributed by atoms with Gasteiger partial charge in [0.25, 0.3) is 0 Å². The summed E-state index contributed by atoms with van der Waals surface area (Å²) in [7, 11) is 0. The summed E-state index contributed by atoms with van der Waals surface area (Å²) >= 11 is 0. The van der Waals surface area contributed by atoms with Gasteiger partial charge < -0.3 is 5.11 Å². The number of rotatable bonds is 3. The van der Waals surface area contributed by atoms with Gasteiger partial charge in [0, 0.05) is 18.0 Å². The van der Waals surface area contributed by atoms with Crippen molar-refractivity contribution in [3.8, 4) is 16.9 Å². The van der Waals surface area contributed by atoms with Crippen molar-refractivity contribution < 1.29 is 23.1 Å². The molecule has 128 valence electrons. The molecule has 0 radical (unpaired) electrons. The van der Waals surface area contributed by atoms with Crippen LogP contribution in [-0.4, -0.2) is 25.8 Å². The van der Waals surface area contributed by atoms with E-state index in [1.807, 2.05) is 0 Å². The first-order chi connectivity index (χ1) is 11.8. The van der Waals surface area contributed by atoms with E-state index in [0.29, 0.717) is 5.56 Å². The number of pyridine rings is 1. The van der Waals surface area contributed by atoms with Gasteiger partial charge in [-0.25, -0.2) is 9.48 Å². The molecule has 0 unspecified atom stereocenters. The molecule has 0 amide bonds. The van der Waals surface area contributed by atoms with Crippen LogP contribution in [0.5, 0.6) is 0 Å². The van der Waals surface area contributed by atoms with E-state index in [2.05, 4.69) is 10.1 Å². The van der Waals surface area contributed by atoms with Crippen molar-refractivity contribution in [2.24, 2.45) is 0 Å². The quantitative estimate of drug-likeness (QED) is 0.779. The molecule has 0 aliphatic heterocycles. The van der Waals surface area contributed by atoms with Crippen molar-refractivity contribution in [1.82, 2.24) is 14.8 Å². The molecule has 0 spiro atoms. The Morgan fingerprint density at radius 3 is 2.44 bits per heavy atom. The van der Waals surface area contributed by atoms with Gasteiger partial charge in [-0.15, -0.1) is 0 Å². The number of carboxylic acids is 1. The van der Waals surface area contributed by atoms with Crippen LogP contribution in [-0.2, 0) is 6.18 Å². The molecule has 1 N–H and O–H groups in total. The molecule has 2 heterocycles. The minimum atomic E-state index is -4.50. The van der Waals surface area contributed by atoms with Crippen molar-refractivity contribution in [1.29, 1.82) is 0 Å². The first-order valence-electron chi connectivity index (χ1n) is 7.20. The average Bonchev–Trinajstić information content (AvgIpc) is 2.92. The lowest BCUT2D eigenvalue weighted by atomic mass is 10.1. The number of alkyl halides is 3. The van der Waals surface area contributed by atoms with Gasteiger partial charge in [0.1, 0.15) is 11.3 Å². The summed E-state index contributed by atoms with van der Waals surface area (Å²) in [4.78, 5) is 15.5. The van der Waals surface area contributed by atoms with E-state index >= 15 is 0 Å². The zero-order valence-electron chi connectivity index (χ0n) is 12.9. The third kappa shape index (κ3) is 3.10. The van der Waals surface area contributed by atoms with E-state index < -0.39 is 17.7 Å². The Bertz CT molecular complexity index is 934. The summed E-state index contributed by atoms with van der Waals surface area (Å²) in [5.74, 6) is -1.21. The van der Waals surface area contributed by atoms with E-state index in [4.69, 9.17) is 0 Å². The Kier molecular flexibility index (Phi) is 4.03. The van der Waals surface area contributed by atoms with Crippen molar-refractivity contribution in [3.63, 3.8) is 0 Å². The van der Waals surface area contributed by atoms with E-state index in [1.165, 1.54) is 36.1 Å². The zero-order chi connectivity index (χ0) is 18.2. The van der Waals surface area contributed by atoms with Crippen molar-refractivity contribution in [3.05, 3.63) is 65.6 Å². The molecule has 0 atom stereocenters. The maximum Gasteiger partial charge on any atom is 0.416 e. The SMILES string of the molecule is Cc1c(C(=O)O)c(-c2ccncc2)nn1-c1cccc(C(F)(F)F)c1. The minimum absolute atomic E-state index is 0.0661. The summed E-state index contributed by atoms with van der Waals surface area (Å²) in [5, 5.41) is 13.7. The number of benzene rings is 1. The molecule has 2 aromatic heterocycles. The van der Waals surface area contributed by atoms with Gasteiger partial charge in [0.05, 0.1) is 16.9 Å². The van der Waals surface area contributed by atoms with Crippen LogP contribution in [0.2, 0.25) is 0 Å². The van der Waals surface area contributed by atoms with Gasteiger partial charge in [-0.2, -0.15) is 18.3 Å². The monoisotopic (exact) mass is 347 g/mol. The molecular formula is C17H12F3N3O2. The predicted octanol–water partition coefficient (Wildman–Crippen LogP) is 3.96. The van der Waals surface area contributed by atoms with Gasteiger partial charge >= 0.3 is 12.1 Å². The van der Waals surface area contributed by atoms with E-state index in [-0.39, 0.29) is 22.6 Å². The molecule has 25 heavy (non-hydrogen) atoms. The number of aromatic nitrogens is 3. The number of halogens is 3. The third-order valence-electron chi connectivity index (χ3n) is 3.70. The Hall–Kier alpha value is -3.16. The molecule has 1 aromatic carbocycles. The zero-order valence-corrected chi connectivity index (χ0v) is 12.9. The van der Waals surface area contributed by atoms with Crippen LogP contribution in [0.3, 0.4) is 0 Å². The molecule has 5 nitrogen and oxygen atoms in total. The van der Waals surface area contributed by atoms with Gasteiger partial charge in [0.15, 0.2) is 0 Å². The molecule has 0 aliphatic rings. The Balaban J connectivity index is 2.21. The number of carboxylic acid groups (broad SMARTS) is 1. The number of hydrogen-bond acceptors (Lipinski definition) is 3. The van der Waals surface area contributed by atoms with Crippen LogP contribution in [0, 0.1) is 6.92 Å². The number of aromatic carboxylic acids is 1. The van der Waals surface area contributed by atoms with Crippen LogP contribution < -0.4 is 0 Å². The highest BCUT2D eigenvalue weighted by Crippen LogP contribution is 2.32. The van der Waals surface area contributed by atoms with Gasteiger partial charge in [-0.3, -0.25) is 4.98 Å². The topological polar surface area (TPSA) is 68.0 Å². The van der Waals surface area contributed by atoms with Crippen LogP contribution in [0.1, 0.15) is 21.6 Å². The van der Waals surface area contributed by atoms with Gasteiger partial charge in [-0.05, 0) is 37.3 Å². The molecule has 0 bridgehead atoms. The van der Waals surface area contributed by atoms with Crippen LogP contribution >= 0.6 is 0 Å². The maximum absolute atomic E-state index is 12.9. The second-order valence-electron chi connectivity index (χ2n) is 5.31. The molecule has 3 rings (SSSR count). The minimum Gasteiger partial charge on any atom is -0.478 e. The normalized spacial score (nSPS) is 11.5. The smallest absolute Gasteiger partial charge is 0.416 e. The highest BCUT2D eigenvalue weighted by molar-refractivity contribution is 5.96. The second-order valence-corrected chi connectivity index (χ2v) is 5.31. The maximum atomic E-state index is 12.9. The lowest BCUT2D eigenvalue weighted by molar-refractivity contribution is -0.137. The van der Waals surface area contributed by atoms with Gasteiger partial charge in [0.2, 0.25) is 0 Å². The van der Waals surface area contributed by atoms with Crippen LogP contribution in [0.25, 0.3) is 16.9 Å². The van der Waals surface area contributed by atoms with Crippen molar-refractivity contribution in [2.75, 3.05) is 0 Å². The fourth-order valence-corrected chi connectivity index (χ4v) is 2.54. The fraction of sp³-hybridized carbons (Fsp3) is 0.118. The summed E-state index contributed by atoms with van der Waals surface area (Å²) in [6.07, 6.45) is -1.53. The molecule has 8 heteroatoms. The molecule has 0 saturated heterocycles. The first-order valence-corrected chi connectivity index (χ1v) is 7.20. The highest BCUT2D eigenvalue weighted by atomic mass is 19.4. The first kappa shape index (κ1) is 16.7. The number of hydrogen-bond donors (Lipinski definition) is 1. The number of nitrogens with zero attached hydrogens (tertiary/aromatic N) is 3. The van der Waals surface area contributed by atoms with E-state index in [9.17, 15) is 23.1 Å². The lowest BCUT2D eigenvalue weighted by Gasteiger charge is -2.09. The summed E-state index contributed by atoms with van der Waals surface area (Å²) in [6, 6.07) is 7.75. The Morgan fingerprint density at radius 1 is 1.16 bits per heavy atom. The Labute approximate surface area is 140 Å². The van der Waals surface area contributed by atoms with E-state index in [0.717, 1.165) is 12.1 Å². The fourth-order valence-electron chi connectivity index (χ4n) is 2.54. The van der Waals surface area contributed by atoms with Crippen LogP contribution in [0.4, 0.5) is 13.2 Å². The summed E-state index contributed by atoms with van der Waals surface area (Å²) in [6.45, 7) is 1.50. The van der Waals surface area contributed by atoms with Crippen molar-refractivity contribution >= 4 is 5.97 Å². The van der Waals surface area contributed by atoms with Crippen LogP contribution in [0.15, 0.2) is 48.8 Å². The molecule has 0 fully saturated rings. The van der Waals surface area contributed by atoms with Gasteiger partial charge in [-0.1, -0.05) is 6.07 Å². The summed E-state index contributed by atoms with van der Waals surface area (Å²) in [5.41, 5.74) is 0.158. The third-order valence-corrected chi connectivity index (χ3v) is 3.70. The highest BCUT2D eigenvalue weighted by Gasteiger charge is 2.31.